The van der Waals surface area contributed by atoms with Crippen LogP contribution in [-0.2, 0) is 0 Å². The Morgan fingerprint density at radius 1 is 1.12 bits per heavy atom. The molecule has 1 aromatic rings. The summed E-state index contributed by atoms with van der Waals surface area (Å²) in [6.45, 7) is 0. The molecule has 2 aliphatic carbocycles. The Kier molecular flexibility index (Phi) is 2.47. The highest BCUT2D eigenvalue weighted by molar-refractivity contribution is 5.21. The van der Waals surface area contributed by atoms with E-state index in [2.05, 4.69) is 5.32 Å². The van der Waals surface area contributed by atoms with E-state index in [1.165, 1.54) is 24.8 Å². The second kappa shape index (κ2) is 3.85. The van der Waals surface area contributed by atoms with Gasteiger partial charge in [0.1, 0.15) is 5.82 Å². The number of benzene rings is 1. The maximum absolute atomic E-state index is 12.9. The zero-order chi connectivity index (χ0) is 11.1. The van der Waals surface area contributed by atoms with Gasteiger partial charge in [-0.05, 0) is 61.8 Å². The van der Waals surface area contributed by atoms with E-state index in [1.807, 2.05) is 19.2 Å². The minimum Gasteiger partial charge on any atom is -0.313 e. The molecule has 3 unspecified atom stereocenters. The van der Waals surface area contributed by atoms with Gasteiger partial charge in [0.25, 0.3) is 0 Å². The predicted octanol–water partition coefficient (Wildman–Crippen LogP) is 3.13. The fraction of sp³-hybridized carbons (Fsp3) is 0.571. The molecule has 0 spiro atoms. The summed E-state index contributed by atoms with van der Waals surface area (Å²) in [5, 5.41) is 3.40. The van der Waals surface area contributed by atoms with Gasteiger partial charge in [0, 0.05) is 6.04 Å². The first kappa shape index (κ1) is 10.3. The maximum Gasteiger partial charge on any atom is 0.123 e. The van der Waals surface area contributed by atoms with E-state index >= 15 is 0 Å². The van der Waals surface area contributed by atoms with E-state index in [1.54, 1.807) is 12.1 Å². The molecule has 0 amide bonds. The molecule has 1 aromatic carbocycles. The first-order chi connectivity index (χ1) is 7.78. The van der Waals surface area contributed by atoms with Crippen molar-refractivity contribution in [1.29, 1.82) is 0 Å². The monoisotopic (exact) mass is 219 g/mol. The third kappa shape index (κ3) is 1.75. The van der Waals surface area contributed by atoms with Gasteiger partial charge in [-0.25, -0.2) is 4.39 Å². The second-order valence-corrected chi connectivity index (χ2v) is 5.31. The molecule has 3 atom stereocenters. The molecule has 2 fully saturated rings. The highest BCUT2D eigenvalue weighted by Gasteiger charge is 2.47. The Morgan fingerprint density at radius 3 is 2.31 bits per heavy atom. The van der Waals surface area contributed by atoms with Gasteiger partial charge >= 0.3 is 0 Å². The first-order valence-electron chi connectivity index (χ1n) is 6.20. The summed E-state index contributed by atoms with van der Waals surface area (Å²) in [6.07, 6.45) is 4.16. The van der Waals surface area contributed by atoms with Crippen molar-refractivity contribution in [1.82, 2.24) is 5.32 Å². The van der Waals surface area contributed by atoms with Crippen LogP contribution in [0.1, 0.15) is 30.9 Å². The summed E-state index contributed by atoms with van der Waals surface area (Å²) < 4.78 is 12.9. The third-order valence-corrected chi connectivity index (χ3v) is 4.29. The molecule has 16 heavy (non-hydrogen) atoms. The van der Waals surface area contributed by atoms with E-state index in [9.17, 15) is 4.39 Å². The van der Waals surface area contributed by atoms with Crippen LogP contribution in [0, 0.1) is 23.6 Å². The molecule has 0 bridgehead atoms. The van der Waals surface area contributed by atoms with E-state index in [0.717, 1.165) is 17.8 Å². The van der Waals surface area contributed by atoms with Crippen molar-refractivity contribution in [2.75, 3.05) is 7.05 Å². The number of nitrogens with one attached hydrogen (secondary N) is 1. The molecule has 2 aliphatic rings. The van der Waals surface area contributed by atoms with Crippen LogP contribution in [0.3, 0.4) is 0 Å². The van der Waals surface area contributed by atoms with Crippen molar-refractivity contribution in [3.8, 4) is 0 Å². The Morgan fingerprint density at radius 2 is 1.75 bits per heavy atom. The maximum atomic E-state index is 12.9. The summed E-state index contributed by atoms with van der Waals surface area (Å²) in [5.74, 6) is 2.61. The van der Waals surface area contributed by atoms with Gasteiger partial charge in [0.2, 0.25) is 0 Å². The Labute approximate surface area is 96.1 Å². The van der Waals surface area contributed by atoms with Crippen molar-refractivity contribution in [3.63, 3.8) is 0 Å². The molecule has 3 rings (SSSR count). The lowest BCUT2D eigenvalue weighted by Crippen LogP contribution is -2.24. The number of rotatable bonds is 3. The lowest BCUT2D eigenvalue weighted by atomic mass is 9.89. The molecule has 0 radical (unpaired) electrons. The van der Waals surface area contributed by atoms with Gasteiger partial charge in [-0.1, -0.05) is 12.1 Å². The summed E-state index contributed by atoms with van der Waals surface area (Å²) in [6, 6.07) is 7.37. The third-order valence-electron chi connectivity index (χ3n) is 4.29. The van der Waals surface area contributed by atoms with Gasteiger partial charge < -0.3 is 5.32 Å². The minimum absolute atomic E-state index is 0.145. The summed E-state index contributed by atoms with van der Waals surface area (Å²) in [7, 11) is 2.01. The summed E-state index contributed by atoms with van der Waals surface area (Å²) in [4.78, 5) is 0. The van der Waals surface area contributed by atoms with Crippen molar-refractivity contribution in [2.45, 2.75) is 25.3 Å². The average Bonchev–Trinajstić information content (AvgIpc) is 2.90. The van der Waals surface area contributed by atoms with Gasteiger partial charge in [0.05, 0.1) is 0 Å². The Balaban J connectivity index is 1.77. The number of hydrogen-bond donors (Lipinski definition) is 1. The van der Waals surface area contributed by atoms with Crippen molar-refractivity contribution in [2.24, 2.45) is 17.8 Å². The normalized spacial score (nSPS) is 33.5. The minimum atomic E-state index is -0.145. The molecule has 0 aliphatic heterocycles. The van der Waals surface area contributed by atoms with Crippen LogP contribution in [0.4, 0.5) is 4.39 Å². The fourth-order valence-electron chi connectivity index (χ4n) is 3.38. The van der Waals surface area contributed by atoms with E-state index in [0.29, 0.717) is 6.04 Å². The van der Waals surface area contributed by atoms with Gasteiger partial charge in [-0.2, -0.15) is 0 Å². The molecule has 0 saturated heterocycles. The average molecular weight is 219 g/mol. The fourth-order valence-corrected chi connectivity index (χ4v) is 3.38. The zero-order valence-corrected chi connectivity index (χ0v) is 9.62. The van der Waals surface area contributed by atoms with Crippen LogP contribution in [0.5, 0.6) is 0 Å². The lowest BCUT2D eigenvalue weighted by Gasteiger charge is -2.24. The number of halogens is 1. The summed E-state index contributed by atoms with van der Waals surface area (Å²) in [5.41, 5.74) is 1.23. The van der Waals surface area contributed by atoms with Gasteiger partial charge in [-0.3, -0.25) is 0 Å². The summed E-state index contributed by atoms with van der Waals surface area (Å²) >= 11 is 0. The second-order valence-electron chi connectivity index (χ2n) is 5.31. The standard InChI is InChI=1S/C14H18FN/c1-16-14(9-2-4-13(15)5-3-9)12-7-10-6-11(10)8-12/h2-5,10-12,14,16H,6-8H2,1H3. The van der Waals surface area contributed by atoms with Crippen LogP contribution in [0.15, 0.2) is 24.3 Å². The van der Waals surface area contributed by atoms with Crippen molar-refractivity contribution in [3.05, 3.63) is 35.6 Å². The Hall–Kier alpha value is -0.890. The van der Waals surface area contributed by atoms with Crippen LogP contribution in [0.25, 0.3) is 0 Å². The molecule has 86 valence electrons. The van der Waals surface area contributed by atoms with E-state index in [-0.39, 0.29) is 5.82 Å². The first-order valence-corrected chi connectivity index (χ1v) is 6.20. The highest BCUT2D eigenvalue weighted by Crippen LogP contribution is 2.57. The smallest absolute Gasteiger partial charge is 0.123 e. The quantitative estimate of drug-likeness (QED) is 0.823. The van der Waals surface area contributed by atoms with Crippen LogP contribution in [-0.4, -0.2) is 7.05 Å². The van der Waals surface area contributed by atoms with Crippen LogP contribution < -0.4 is 5.32 Å². The highest BCUT2D eigenvalue weighted by atomic mass is 19.1. The molecule has 0 heterocycles. The SMILES string of the molecule is CNC(c1ccc(F)cc1)C1CC2CC2C1. The van der Waals surface area contributed by atoms with Crippen molar-refractivity contribution < 1.29 is 4.39 Å². The molecule has 1 nitrogen and oxygen atoms in total. The molecule has 0 aromatic heterocycles. The molecule has 2 heteroatoms. The number of fused-ring (bicyclic) bond motifs is 1. The largest absolute Gasteiger partial charge is 0.313 e. The molecular formula is C14H18FN. The zero-order valence-electron chi connectivity index (χ0n) is 9.62. The van der Waals surface area contributed by atoms with Crippen molar-refractivity contribution >= 4 is 0 Å². The Bertz CT molecular complexity index is 363. The lowest BCUT2D eigenvalue weighted by molar-refractivity contribution is 0.359. The number of hydrogen-bond acceptors (Lipinski definition) is 1. The van der Waals surface area contributed by atoms with E-state index < -0.39 is 0 Å². The molecule has 1 N–H and O–H groups in total. The predicted molar refractivity (Wildman–Crippen MR) is 62.5 cm³/mol. The van der Waals surface area contributed by atoms with Crippen LogP contribution >= 0.6 is 0 Å². The topological polar surface area (TPSA) is 12.0 Å². The van der Waals surface area contributed by atoms with Crippen LogP contribution in [0.2, 0.25) is 0 Å². The molecule has 2 saturated carbocycles. The van der Waals surface area contributed by atoms with E-state index in [4.69, 9.17) is 0 Å². The van der Waals surface area contributed by atoms with Gasteiger partial charge in [0.15, 0.2) is 0 Å². The molecular weight excluding hydrogens is 201 g/mol. The van der Waals surface area contributed by atoms with Gasteiger partial charge in [-0.15, -0.1) is 0 Å².